The number of hydrogen-bond acceptors (Lipinski definition) is 0. The van der Waals surface area contributed by atoms with Crippen LogP contribution in [0.5, 0.6) is 0 Å². The van der Waals surface area contributed by atoms with Gasteiger partial charge in [0.05, 0.1) is 0 Å². The number of hydrogen-bond donors (Lipinski definition) is 0. The van der Waals surface area contributed by atoms with Crippen LogP contribution >= 0.6 is 0 Å². The smallest absolute Gasteiger partial charge is 0 e. The first-order valence-electron chi connectivity index (χ1n) is 15.6. The maximum atomic E-state index is 2.37. The van der Waals surface area contributed by atoms with Gasteiger partial charge in [0, 0.05) is 164 Å². The van der Waals surface area contributed by atoms with E-state index in [9.17, 15) is 0 Å². The molecule has 0 spiro atoms. The van der Waals surface area contributed by atoms with Gasteiger partial charge in [0.2, 0.25) is 0 Å². The normalized spacial score (nSPS) is 10.1. The molecule has 5 heteroatoms. The Kier molecular flexibility index (Phi) is 22.4. The molecule has 4 aromatic rings. The average Bonchev–Trinajstić information content (AvgIpc) is 2.98. The number of rotatable bonds is 5. The molecule has 0 unspecified atom stereocenters. The van der Waals surface area contributed by atoms with Crippen molar-refractivity contribution in [2.45, 2.75) is 111 Å². The van der Waals surface area contributed by atoms with Gasteiger partial charge in [-0.2, -0.15) is 0 Å². The van der Waals surface area contributed by atoms with Crippen LogP contribution in [0.25, 0.3) is 0 Å². The van der Waals surface area contributed by atoms with Crippen molar-refractivity contribution in [2.24, 2.45) is 0 Å². The number of benzene rings is 4. The van der Waals surface area contributed by atoms with Crippen LogP contribution in [-0.4, -0.2) is 0 Å². The van der Waals surface area contributed by atoms with Crippen molar-refractivity contribution in [1.29, 1.82) is 0 Å². The molecule has 237 valence electrons. The van der Waals surface area contributed by atoms with E-state index in [0.717, 1.165) is 0 Å². The van der Waals surface area contributed by atoms with Crippen LogP contribution in [-0.2, 0) is 164 Å². The average molecular weight is 1000 g/mol. The predicted molar refractivity (Wildman–Crippen MR) is 184 cm³/mol. The van der Waals surface area contributed by atoms with Crippen molar-refractivity contribution in [3.05, 3.63) is 147 Å². The molecule has 0 aliphatic carbocycles. The van der Waals surface area contributed by atoms with Crippen molar-refractivity contribution in [3.63, 3.8) is 0 Å². The predicted octanol–water partition coefficient (Wildman–Crippen LogP) is 11.3. The van der Waals surface area contributed by atoms with Crippen LogP contribution in [0, 0.1) is 116 Å². The van der Waals surface area contributed by atoms with Gasteiger partial charge in [-0.1, -0.05) is 138 Å². The summed E-state index contributed by atoms with van der Waals surface area (Å²) in [7, 11) is 0. The maximum Gasteiger partial charge on any atom is 0 e. The maximum absolute atomic E-state index is 2.37. The minimum Gasteiger partial charge on any atom is -0.143 e. The first-order valence-corrected chi connectivity index (χ1v) is 15.6. The third-order valence-electron chi connectivity index (χ3n) is 11.5. The van der Waals surface area contributed by atoms with Crippen molar-refractivity contribution in [3.8, 4) is 0 Å². The fraction of sp³-hybridized carbons (Fsp3) is 0.381. The topological polar surface area (TPSA) is 0 Å². The Labute approximate surface area is 414 Å². The first-order chi connectivity index (χ1) is 19.5. The Balaban J connectivity index is 0. The molecule has 0 nitrogen and oxygen atoms in total. The molecule has 0 aromatic heterocycles. The summed E-state index contributed by atoms with van der Waals surface area (Å²) in [6.45, 7) is 36.7. The molecule has 0 fully saturated rings. The summed E-state index contributed by atoms with van der Waals surface area (Å²) in [6.07, 6.45) is 0. The molecule has 0 saturated heterocycles. The van der Waals surface area contributed by atoms with Gasteiger partial charge >= 0.3 is 0 Å². The monoisotopic (exact) mass is 1000 g/mol. The van der Waals surface area contributed by atoms with Gasteiger partial charge in [0.1, 0.15) is 0 Å². The Morgan fingerprint density at radius 1 is 0.277 bits per heavy atom. The largest absolute Gasteiger partial charge is 0.143 e. The van der Waals surface area contributed by atoms with Crippen LogP contribution in [0.4, 0.5) is 0 Å². The summed E-state index contributed by atoms with van der Waals surface area (Å²) in [5.41, 5.74) is 27.8. The fourth-order valence-corrected chi connectivity index (χ4v) is 7.26. The second-order valence-corrected chi connectivity index (χ2v) is 13.1. The van der Waals surface area contributed by atoms with Gasteiger partial charge in [-0.25, -0.2) is 0 Å². The zero-order valence-corrected chi connectivity index (χ0v) is 46.4. The molecule has 0 aliphatic heterocycles. The van der Waals surface area contributed by atoms with E-state index in [0.29, 0.717) is 0 Å². The summed E-state index contributed by atoms with van der Waals surface area (Å²) in [4.78, 5) is 0. The van der Waals surface area contributed by atoms with E-state index in [-0.39, 0.29) is 164 Å². The second-order valence-electron chi connectivity index (χ2n) is 13.1. The van der Waals surface area contributed by atoms with E-state index in [4.69, 9.17) is 0 Å². The molecule has 0 atom stereocenters. The zero-order chi connectivity index (χ0) is 31.5. The molecule has 0 saturated carbocycles. The van der Waals surface area contributed by atoms with Gasteiger partial charge < -0.3 is 0 Å². The molecule has 47 heavy (non-hydrogen) atoms. The van der Waals surface area contributed by atoms with Gasteiger partial charge in [-0.15, -0.1) is 58.0 Å². The van der Waals surface area contributed by atoms with Crippen LogP contribution in [0.3, 0.4) is 0 Å². The molecular formula is C42H52Y5-2. The van der Waals surface area contributed by atoms with Gasteiger partial charge in [-0.3, -0.25) is 0 Å². The van der Waals surface area contributed by atoms with E-state index in [1.54, 1.807) is 0 Å². The Hall–Kier alpha value is 2.14. The van der Waals surface area contributed by atoms with Gasteiger partial charge in [0.15, 0.2) is 0 Å². The van der Waals surface area contributed by atoms with E-state index in [1.807, 2.05) is 0 Å². The molecular weight excluding hydrogens is 949 g/mol. The summed E-state index contributed by atoms with van der Waals surface area (Å²) in [5, 5.41) is 0. The molecule has 0 bridgehead atoms. The van der Waals surface area contributed by atoms with Crippen molar-refractivity contribution in [2.75, 3.05) is 0 Å². The quantitative estimate of drug-likeness (QED) is 0.138. The fourth-order valence-electron chi connectivity index (χ4n) is 7.26. The summed E-state index contributed by atoms with van der Waals surface area (Å²) in [6, 6.07) is 9.45. The molecule has 5 radical (unpaired) electrons. The molecule has 0 heterocycles. The summed E-state index contributed by atoms with van der Waals surface area (Å²) in [5.74, 6) is 2.73. The minimum absolute atomic E-state index is 0. The molecule has 0 aliphatic rings. The Morgan fingerprint density at radius 2 is 0.468 bits per heavy atom. The minimum atomic E-state index is 0. The van der Waals surface area contributed by atoms with Crippen molar-refractivity contribution >= 4 is 0 Å². The summed E-state index contributed by atoms with van der Waals surface area (Å²) >= 11 is 0. The van der Waals surface area contributed by atoms with Crippen LogP contribution < -0.4 is 0 Å². The molecule has 0 amide bonds. The Bertz CT molecular complexity index is 1570. The first kappa shape index (κ1) is 51.2. The third kappa shape index (κ3) is 9.45. The molecule has 4 aromatic carbocycles. The van der Waals surface area contributed by atoms with Crippen molar-refractivity contribution in [1.82, 2.24) is 0 Å². The SMILES string of the molecule is Cc1c(C)c(C)c([C-](C)c2ccc([C-](c3c(C)c(C)c(C)c(C)c3C)c3c(C)c(C)c(C)c(C)c3C)cc2)c(C)c1C.[Y].[Y].[Y].[Y].[Y]. The van der Waals surface area contributed by atoms with E-state index in [1.165, 1.54) is 123 Å². The summed E-state index contributed by atoms with van der Waals surface area (Å²) < 4.78 is 0. The van der Waals surface area contributed by atoms with E-state index in [2.05, 4.69) is 135 Å². The zero-order valence-electron chi connectivity index (χ0n) is 32.2. The second kappa shape index (κ2) is 20.6. The van der Waals surface area contributed by atoms with Crippen LogP contribution in [0.15, 0.2) is 24.3 Å². The van der Waals surface area contributed by atoms with Crippen LogP contribution in [0.2, 0.25) is 0 Å². The van der Waals surface area contributed by atoms with E-state index >= 15 is 0 Å². The standard InChI is InChI=1S/C42H52.5Y/c1-21-24(4)30(10)39(31(11)25(21)5)36(16)37-17-19-38(20-18-37)42(40-32(12)26(6)22(2)27(7)33(40)13)41-34(14)28(8)23(3)29(9)35(41)15;;;;;/h17-20H,1-16H3;;;;;/q-2;;;;;. The van der Waals surface area contributed by atoms with Gasteiger partial charge in [-0.05, 0) is 62.3 Å². The van der Waals surface area contributed by atoms with Crippen molar-refractivity contribution < 1.29 is 164 Å². The molecule has 0 N–H and O–H groups in total. The van der Waals surface area contributed by atoms with E-state index < -0.39 is 0 Å². The van der Waals surface area contributed by atoms with Gasteiger partial charge in [0.25, 0.3) is 0 Å². The molecule has 4 rings (SSSR count). The van der Waals surface area contributed by atoms with Crippen LogP contribution in [0.1, 0.15) is 118 Å². The Morgan fingerprint density at radius 3 is 0.723 bits per heavy atom. The third-order valence-corrected chi connectivity index (χ3v) is 11.5.